The minimum atomic E-state index is -2.27. The Kier molecular flexibility index (Phi) is 3.33. The summed E-state index contributed by atoms with van der Waals surface area (Å²) in [5.41, 5.74) is -2.39. The number of hydrogen-bond donors (Lipinski definition) is 2. The predicted octanol–water partition coefficient (Wildman–Crippen LogP) is 1.81. The third-order valence-electron chi connectivity index (χ3n) is 4.38. The normalized spacial score (nSPS) is 22.9. The molecule has 0 saturated carbocycles. The van der Waals surface area contributed by atoms with Crippen LogP contribution in [-0.4, -0.2) is 33.7 Å². The van der Waals surface area contributed by atoms with Crippen LogP contribution in [0.1, 0.15) is 15.9 Å². The standard InChI is InChI=1S/C18H12O6/c1-2-18(17(23)24)12-8-10-6-4-3-5-9(10)7-11(12)14(19)13(15(18)20)16(21)22/h2-8,13H,1H2,(H,21,22)(H,23,24). The van der Waals surface area contributed by atoms with E-state index in [9.17, 15) is 29.4 Å². The van der Waals surface area contributed by atoms with Crippen molar-refractivity contribution >= 4 is 34.3 Å². The number of fused-ring (bicyclic) bond motifs is 2. The Morgan fingerprint density at radius 1 is 1.08 bits per heavy atom. The number of aliphatic carboxylic acids is 2. The molecule has 0 radical (unpaired) electrons. The van der Waals surface area contributed by atoms with Crippen LogP contribution in [-0.2, 0) is 19.8 Å². The van der Waals surface area contributed by atoms with Gasteiger partial charge in [-0.3, -0.25) is 19.2 Å². The maximum atomic E-state index is 12.6. The Morgan fingerprint density at radius 3 is 2.17 bits per heavy atom. The van der Waals surface area contributed by atoms with Gasteiger partial charge in [0.25, 0.3) is 0 Å². The van der Waals surface area contributed by atoms with Gasteiger partial charge >= 0.3 is 11.9 Å². The van der Waals surface area contributed by atoms with Crippen molar-refractivity contribution in [2.45, 2.75) is 5.41 Å². The van der Waals surface area contributed by atoms with Crippen LogP contribution in [0.2, 0.25) is 0 Å². The topological polar surface area (TPSA) is 109 Å². The van der Waals surface area contributed by atoms with E-state index in [1.165, 1.54) is 12.1 Å². The summed E-state index contributed by atoms with van der Waals surface area (Å²) in [7, 11) is 0. The van der Waals surface area contributed by atoms with E-state index in [-0.39, 0.29) is 11.1 Å². The number of rotatable bonds is 3. The molecule has 6 nitrogen and oxygen atoms in total. The van der Waals surface area contributed by atoms with Gasteiger partial charge in [0, 0.05) is 5.56 Å². The van der Waals surface area contributed by atoms with Crippen LogP contribution in [0.15, 0.2) is 49.1 Å². The van der Waals surface area contributed by atoms with Gasteiger partial charge in [0.15, 0.2) is 22.9 Å². The lowest BCUT2D eigenvalue weighted by atomic mass is 9.64. The first kappa shape index (κ1) is 15.6. The third kappa shape index (κ3) is 1.83. The molecule has 0 spiro atoms. The highest BCUT2D eigenvalue weighted by molar-refractivity contribution is 6.33. The summed E-state index contributed by atoms with van der Waals surface area (Å²) in [5.74, 6) is -7.40. The minimum absolute atomic E-state index is 0.0452. The first-order valence-electron chi connectivity index (χ1n) is 7.06. The highest BCUT2D eigenvalue weighted by atomic mass is 16.4. The van der Waals surface area contributed by atoms with E-state index in [2.05, 4.69) is 6.58 Å². The van der Waals surface area contributed by atoms with Crippen LogP contribution in [0.4, 0.5) is 0 Å². The van der Waals surface area contributed by atoms with Crippen LogP contribution in [0.3, 0.4) is 0 Å². The van der Waals surface area contributed by atoms with Gasteiger partial charge in [-0.2, -0.15) is 0 Å². The van der Waals surface area contributed by atoms with Gasteiger partial charge in [0.2, 0.25) is 0 Å². The highest BCUT2D eigenvalue weighted by Gasteiger charge is 2.57. The highest BCUT2D eigenvalue weighted by Crippen LogP contribution is 2.40. The van der Waals surface area contributed by atoms with Gasteiger partial charge in [-0.25, -0.2) is 0 Å². The van der Waals surface area contributed by atoms with E-state index in [1.54, 1.807) is 24.3 Å². The van der Waals surface area contributed by atoms with Gasteiger partial charge in [0.1, 0.15) is 0 Å². The summed E-state index contributed by atoms with van der Waals surface area (Å²) in [6, 6.07) is 9.76. The zero-order valence-electron chi connectivity index (χ0n) is 12.4. The van der Waals surface area contributed by atoms with Gasteiger partial charge in [-0.1, -0.05) is 30.3 Å². The SMILES string of the molecule is C=CC1(C(=O)O)C(=O)C(C(=O)O)C(=O)c2cc3ccccc3cc21. The zero-order valence-corrected chi connectivity index (χ0v) is 12.4. The molecule has 2 aromatic carbocycles. The molecule has 1 aliphatic carbocycles. The molecule has 0 aromatic heterocycles. The van der Waals surface area contributed by atoms with Crippen molar-refractivity contribution < 1.29 is 29.4 Å². The van der Waals surface area contributed by atoms with Crippen LogP contribution in [0.25, 0.3) is 10.8 Å². The second-order valence-corrected chi connectivity index (χ2v) is 5.56. The molecular weight excluding hydrogens is 312 g/mol. The van der Waals surface area contributed by atoms with Crippen molar-refractivity contribution in [3.05, 3.63) is 60.2 Å². The van der Waals surface area contributed by atoms with Gasteiger partial charge in [-0.05, 0) is 28.5 Å². The molecular formula is C18H12O6. The number of hydrogen-bond acceptors (Lipinski definition) is 4. The Labute approximate surface area is 136 Å². The maximum absolute atomic E-state index is 12.6. The summed E-state index contributed by atoms with van der Waals surface area (Å²) in [6.07, 6.45) is 0.896. The molecule has 2 N–H and O–H groups in total. The predicted molar refractivity (Wildman–Crippen MR) is 83.9 cm³/mol. The molecule has 2 aromatic rings. The number of carboxylic acids is 2. The number of ketones is 2. The zero-order chi connectivity index (χ0) is 17.6. The molecule has 6 heteroatoms. The maximum Gasteiger partial charge on any atom is 0.325 e. The molecule has 0 fully saturated rings. The van der Waals surface area contributed by atoms with Crippen LogP contribution in [0, 0.1) is 5.92 Å². The van der Waals surface area contributed by atoms with E-state index in [1.807, 2.05) is 0 Å². The summed E-state index contributed by atoms with van der Waals surface area (Å²) in [6.45, 7) is 3.42. The molecule has 0 bridgehead atoms. The second kappa shape index (κ2) is 5.13. The second-order valence-electron chi connectivity index (χ2n) is 5.56. The largest absolute Gasteiger partial charge is 0.480 e. The van der Waals surface area contributed by atoms with Crippen molar-refractivity contribution in [1.29, 1.82) is 0 Å². The number of carbonyl (C=O) groups excluding carboxylic acids is 2. The molecule has 3 rings (SSSR count). The molecule has 0 heterocycles. The average Bonchev–Trinajstić information content (AvgIpc) is 2.54. The number of Topliss-reactive ketones (excluding diaryl/α,β-unsaturated/α-hetero) is 2. The first-order chi connectivity index (χ1) is 11.3. The van der Waals surface area contributed by atoms with E-state index < -0.39 is 34.8 Å². The molecule has 2 atom stereocenters. The van der Waals surface area contributed by atoms with E-state index in [4.69, 9.17) is 0 Å². The average molecular weight is 324 g/mol. The third-order valence-corrected chi connectivity index (χ3v) is 4.38. The minimum Gasteiger partial charge on any atom is -0.480 e. The van der Waals surface area contributed by atoms with E-state index in [0.29, 0.717) is 10.8 Å². The fraction of sp³-hybridized carbons (Fsp3) is 0.111. The quantitative estimate of drug-likeness (QED) is 0.658. The fourth-order valence-corrected chi connectivity index (χ4v) is 3.15. The summed E-state index contributed by atoms with van der Waals surface area (Å²) < 4.78 is 0. The van der Waals surface area contributed by atoms with Crippen molar-refractivity contribution in [2.24, 2.45) is 5.92 Å². The number of benzene rings is 2. The lowest BCUT2D eigenvalue weighted by Crippen LogP contribution is -2.53. The Morgan fingerprint density at radius 2 is 1.67 bits per heavy atom. The molecule has 2 unspecified atom stereocenters. The smallest absolute Gasteiger partial charge is 0.325 e. The van der Waals surface area contributed by atoms with Gasteiger partial charge < -0.3 is 10.2 Å². The Hall–Kier alpha value is -3.28. The monoisotopic (exact) mass is 324 g/mol. The Bertz CT molecular complexity index is 942. The van der Waals surface area contributed by atoms with Gasteiger partial charge in [0.05, 0.1) is 0 Å². The number of carbonyl (C=O) groups is 4. The van der Waals surface area contributed by atoms with E-state index >= 15 is 0 Å². The van der Waals surface area contributed by atoms with Crippen molar-refractivity contribution in [1.82, 2.24) is 0 Å². The molecule has 0 saturated heterocycles. The molecule has 24 heavy (non-hydrogen) atoms. The summed E-state index contributed by atoms with van der Waals surface area (Å²) >= 11 is 0. The van der Waals surface area contributed by atoms with Crippen molar-refractivity contribution in [2.75, 3.05) is 0 Å². The van der Waals surface area contributed by atoms with E-state index in [0.717, 1.165) is 6.08 Å². The molecule has 120 valence electrons. The van der Waals surface area contributed by atoms with Gasteiger partial charge in [-0.15, -0.1) is 6.58 Å². The summed E-state index contributed by atoms with van der Waals surface area (Å²) in [4.78, 5) is 48.4. The van der Waals surface area contributed by atoms with Crippen LogP contribution in [0.5, 0.6) is 0 Å². The van der Waals surface area contributed by atoms with Crippen LogP contribution < -0.4 is 0 Å². The molecule has 0 amide bonds. The van der Waals surface area contributed by atoms with Crippen molar-refractivity contribution in [3.63, 3.8) is 0 Å². The number of carboxylic acid groups (broad SMARTS) is 2. The Balaban J connectivity index is 2.47. The van der Waals surface area contributed by atoms with Crippen molar-refractivity contribution in [3.8, 4) is 0 Å². The first-order valence-corrected chi connectivity index (χ1v) is 7.06. The van der Waals surface area contributed by atoms with Crippen LogP contribution >= 0.6 is 0 Å². The lowest BCUT2D eigenvalue weighted by Gasteiger charge is -2.33. The fourth-order valence-electron chi connectivity index (χ4n) is 3.15. The lowest BCUT2D eigenvalue weighted by molar-refractivity contribution is -0.151. The molecule has 0 aliphatic heterocycles. The summed E-state index contributed by atoms with van der Waals surface area (Å²) in [5, 5.41) is 20.2. The molecule has 1 aliphatic rings.